The molecule has 1 heterocycles. The van der Waals surface area contributed by atoms with E-state index in [1.54, 1.807) is 0 Å². The number of imidazole rings is 1. The van der Waals surface area contributed by atoms with Gasteiger partial charge in [-0.1, -0.05) is 37.6 Å². The number of aromatic amines is 1. The van der Waals surface area contributed by atoms with Gasteiger partial charge in [-0.2, -0.15) is 0 Å². The molecule has 108 valence electrons. The fourth-order valence-corrected chi connectivity index (χ4v) is 2.39. The summed E-state index contributed by atoms with van der Waals surface area (Å²) in [6, 6.07) is 9.40. The number of nitrogens with one attached hydrogen (secondary N) is 2. The monoisotopic (exact) mass is 271 g/mol. The summed E-state index contributed by atoms with van der Waals surface area (Å²) >= 11 is 0. The maximum atomic E-state index is 4.23. The number of H-pyrrole nitrogens is 1. The summed E-state index contributed by atoms with van der Waals surface area (Å²) in [7, 11) is 0. The third-order valence-electron chi connectivity index (χ3n) is 3.61. The largest absolute Gasteiger partial charge is 0.349 e. The number of nitrogens with zero attached hydrogens (tertiary/aromatic N) is 1. The number of aromatic nitrogens is 2. The predicted molar refractivity (Wildman–Crippen MR) is 83.8 cm³/mol. The van der Waals surface area contributed by atoms with Gasteiger partial charge >= 0.3 is 0 Å². The molecule has 20 heavy (non-hydrogen) atoms. The van der Waals surface area contributed by atoms with Gasteiger partial charge in [0.2, 0.25) is 0 Å². The minimum Gasteiger partial charge on any atom is -0.349 e. The van der Waals surface area contributed by atoms with Crippen molar-refractivity contribution in [3.8, 4) is 0 Å². The summed E-state index contributed by atoms with van der Waals surface area (Å²) in [6.07, 6.45) is 8.17. The molecule has 2 rings (SSSR count). The molecule has 2 aromatic rings. The van der Waals surface area contributed by atoms with Gasteiger partial charge in [-0.05, 0) is 37.4 Å². The van der Waals surface area contributed by atoms with Gasteiger partial charge in [0, 0.05) is 24.9 Å². The summed E-state index contributed by atoms with van der Waals surface area (Å²) < 4.78 is 0. The molecule has 0 saturated carbocycles. The van der Waals surface area contributed by atoms with Crippen molar-refractivity contribution in [3.63, 3.8) is 0 Å². The number of hydrogen-bond donors (Lipinski definition) is 2. The minimum absolute atomic E-state index is 0.405. The highest BCUT2D eigenvalue weighted by atomic mass is 14.9. The van der Waals surface area contributed by atoms with Gasteiger partial charge in [-0.15, -0.1) is 0 Å². The summed E-state index contributed by atoms with van der Waals surface area (Å²) in [5.41, 5.74) is 2.80. The van der Waals surface area contributed by atoms with E-state index in [1.807, 2.05) is 12.4 Å². The van der Waals surface area contributed by atoms with Crippen molar-refractivity contribution in [2.45, 2.75) is 45.6 Å². The highest BCUT2D eigenvalue weighted by molar-refractivity contribution is 5.24. The summed E-state index contributed by atoms with van der Waals surface area (Å²) in [5, 5.41) is 3.57. The standard InChI is InChI=1S/C17H25N3/c1-3-5-15-7-9-16(10-8-15)14(2)18-11-4-6-17-19-12-13-20-17/h7-10,12-14,18H,3-6,11H2,1-2H3,(H,19,20). The van der Waals surface area contributed by atoms with Gasteiger partial charge in [0.05, 0.1) is 0 Å². The second-order valence-corrected chi connectivity index (χ2v) is 5.31. The van der Waals surface area contributed by atoms with E-state index in [9.17, 15) is 0 Å². The molecule has 0 aliphatic carbocycles. The maximum Gasteiger partial charge on any atom is 0.106 e. The molecule has 0 aliphatic rings. The molecule has 3 heteroatoms. The zero-order valence-electron chi connectivity index (χ0n) is 12.5. The SMILES string of the molecule is CCCc1ccc(C(C)NCCCc2ncc[nH]2)cc1. The first-order valence-electron chi connectivity index (χ1n) is 7.60. The zero-order valence-corrected chi connectivity index (χ0v) is 12.5. The van der Waals surface area contributed by atoms with E-state index in [4.69, 9.17) is 0 Å². The van der Waals surface area contributed by atoms with Gasteiger partial charge < -0.3 is 10.3 Å². The van der Waals surface area contributed by atoms with Crippen LogP contribution in [0, 0.1) is 0 Å². The molecule has 0 amide bonds. The lowest BCUT2D eigenvalue weighted by Crippen LogP contribution is -2.20. The lowest BCUT2D eigenvalue weighted by atomic mass is 10.0. The van der Waals surface area contributed by atoms with Gasteiger partial charge in [0.25, 0.3) is 0 Å². The zero-order chi connectivity index (χ0) is 14.2. The molecular weight excluding hydrogens is 246 g/mol. The molecule has 2 N–H and O–H groups in total. The molecule has 0 radical (unpaired) electrons. The Bertz CT molecular complexity index is 473. The van der Waals surface area contributed by atoms with Crippen LogP contribution >= 0.6 is 0 Å². The number of hydrogen-bond acceptors (Lipinski definition) is 2. The Morgan fingerprint density at radius 3 is 2.65 bits per heavy atom. The lowest BCUT2D eigenvalue weighted by molar-refractivity contribution is 0.555. The van der Waals surface area contributed by atoms with Crippen LogP contribution in [0.1, 0.15) is 49.7 Å². The van der Waals surface area contributed by atoms with Crippen LogP contribution in [0.3, 0.4) is 0 Å². The molecule has 1 aromatic carbocycles. The molecule has 0 fully saturated rings. The van der Waals surface area contributed by atoms with Crippen LogP contribution in [0.15, 0.2) is 36.7 Å². The number of aryl methyl sites for hydroxylation is 2. The van der Waals surface area contributed by atoms with E-state index in [-0.39, 0.29) is 0 Å². The van der Waals surface area contributed by atoms with Crippen LogP contribution in [-0.2, 0) is 12.8 Å². The summed E-state index contributed by atoms with van der Waals surface area (Å²) in [6.45, 7) is 5.46. The van der Waals surface area contributed by atoms with Crippen molar-refractivity contribution in [2.24, 2.45) is 0 Å². The number of benzene rings is 1. The molecule has 3 nitrogen and oxygen atoms in total. The average Bonchev–Trinajstić information content (AvgIpc) is 2.98. The molecular formula is C17H25N3. The Morgan fingerprint density at radius 1 is 1.20 bits per heavy atom. The van der Waals surface area contributed by atoms with Crippen molar-refractivity contribution in [3.05, 3.63) is 53.6 Å². The highest BCUT2D eigenvalue weighted by Gasteiger charge is 2.04. The van der Waals surface area contributed by atoms with Crippen LogP contribution in [-0.4, -0.2) is 16.5 Å². The molecule has 0 aliphatic heterocycles. The first kappa shape index (κ1) is 14.8. The molecule has 0 saturated heterocycles. The Labute approximate surface area is 121 Å². The predicted octanol–water partition coefficient (Wildman–Crippen LogP) is 3.65. The van der Waals surface area contributed by atoms with Crippen LogP contribution in [0.5, 0.6) is 0 Å². The topological polar surface area (TPSA) is 40.7 Å². The van der Waals surface area contributed by atoms with Crippen molar-refractivity contribution < 1.29 is 0 Å². The Hall–Kier alpha value is -1.61. The van der Waals surface area contributed by atoms with Gasteiger partial charge in [0.1, 0.15) is 5.82 Å². The molecule has 1 atom stereocenters. The molecule has 0 spiro atoms. The average molecular weight is 271 g/mol. The Morgan fingerprint density at radius 2 is 2.00 bits per heavy atom. The van der Waals surface area contributed by atoms with E-state index in [2.05, 4.69) is 53.4 Å². The Kier molecular flexibility index (Phi) is 5.81. The van der Waals surface area contributed by atoms with Crippen molar-refractivity contribution in [2.75, 3.05) is 6.54 Å². The molecule has 1 unspecified atom stereocenters. The normalized spacial score (nSPS) is 12.5. The first-order chi connectivity index (χ1) is 9.79. The van der Waals surface area contributed by atoms with Crippen LogP contribution < -0.4 is 5.32 Å². The van der Waals surface area contributed by atoms with Crippen LogP contribution in [0.2, 0.25) is 0 Å². The summed E-state index contributed by atoms with van der Waals surface area (Å²) in [5.74, 6) is 1.07. The quantitative estimate of drug-likeness (QED) is 0.720. The van der Waals surface area contributed by atoms with Gasteiger partial charge in [-0.3, -0.25) is 0 Å². The second kappa shape index (κ2) is 7.85. The van der Waals surface area contributed by atoms with E-state index in [0.29, 0.717) is 6.04 Å². The van der Waals surface area contributed by atoms with Gasteiger partial charge in [-0.25, -0.2) is 4.98 Å². The van der Waals surface area contributed by atoms with Crippen molar-refractivity contribution >= 4 is 0 Å². The third kappa shape index (κ3) is 4.49. The fraction of sp³-hybridized carbons (Fsp3) is 0.471. The van der Waals surface area contributed by atoms with E-state index in [1.165, 1.54) is 24.0 Å². The molecule has 0 bridgehead atoms. The van der Waals surface area contributed by atoms with Crippen molar-refractivity contribution in [1.82, 2.24) is 15.3 Å². The van der Waals surface area contributed by atoms with E-state index in [0.717, 1.165) is 25.2 Å². The molecule has 1 aromatic heterocycles. The fourth-order valence-electron chi connectivity index (χ4n) is 2.39. The van der Waals surface area contributed by atoms with Crippen LogP contribution in [0.25, 0.3) is 0 Å². The smallest absolute Gasteiger partial charge is 0.106 e. The number of rotatable bonds is 8. The third-order valence-corrected chi connectivity index (χ3v) is 3.61. The Balaban J connectivity index is 1.72. The summed E-state index contributed by atoms with van der Waals surface area (Å²) in [4.78, 5) is 7.37. The van der Waals surface area contributed by atoms with Gasteiger partial charge in [0.15, 0.2) is 0 Å². The van der Waals surface area contributed by atoms with Crippen molar-refractivity contribution in [1.29, 1.82) is 0 Å². The lowest BCUT2D eigenvalue weighted by Gasteiger charge is -2.14. The van der Waals surface area contributed by atoms with E-state index >= 15 is 0 Å². The second-order valence-electron chi connectivity index (χ2n) is 5.31. The maximum absolute atomic E-state index is 4.23. The van der Waals surface area contributed by atoms with E-state index < -0.39 is 0 Å². The van der Waals surface area contributed by atoms with Crippen LogP contribution in [0.4, 0.5) is 0 Å². The first-order valence-corrected chi connectivity index (χ1v) is 7.60. The highest BCUT2D eigenvalue weighted by Crippen LogP contribution is 2.14. The minimum atomic E-state index is 0.405.